The Hall–Kier alpha value is -3.64. The summed E-state index contributed by atoms with van der Waals surface area (Å²) in [6.45, 7) is 1.41. The monoisotopic (exact) mass is 416 g/mol. The average Bonchev–Trinajstić information content (AvgIpc) is 3.22. The van der Waals surface area contributed by atoms with Crippen LogP contribution >= 0.6 is 0 Å². The van der Waals surface area contributed by atoms with Crippen molar-refractivity contribution in [2.24, 2.45) is 5.14 Å². The smallest absolute Gasteiger partial charge is 0.338 e. The molecule has 0 aliphatic heterocycles. The second-order valence-electron chi connectivity index (χ2n) is 5.91. The molecule has 0 saturated heterocycles. The molecule has 0 aliphatic rings. The highest BCUT2D eigenvalue weighted by atomic mass is 32.2. The van der Waals surface area contributed by atoms with Crippen molar-refractivity contribution < 1.29 is 22.7 Å². The van der Waals surface area contributed by atoms with Crippen LogP contribution in [0.25, 0.3) is 5.69 Å². The molecule has 0 spiro atoms. The van der Waals surface area contributed by atoms with E-state index in [-0.39, 0.29) is 10.5 Å². The van der Waals surface area contributed by atoms with E-state index in [2.05, 4.69) is 20.8 Å². The Bertz CT molecular complexity index is 1130. The molecular formula is C17H16N6O5S. The number of hydrogen-bond donors (Lipinski definition) is 2. The standard InChI is InChI=1S/C17H16N6O5S/c1-11(16(24)20-13-5-7-15(8-6-13)29(18,26)27)28-17(25)12-3-2-4-14(9-12)23-10-19-21-22-23/h2-11H,1H3,(H,20,24)(H2,18,26,27)/t11-/m0/s1. The number of nitrogens with two attached hydrogens (primary N) is 1. The summed E-state index contributed by atoms with van der Waals surface area (Å²) in [6.07, 6.45) is 0.277. The Kier molecular flexibility index (Phi) is 5.66. The van der Waals surface area contributed by atoms with Gasteiger partial charge in [-0.05, 0) is 59.8 Å². The minimum absolute atomic E-state index is 0.0857. The molecule has 1 aromatic heterocycles. The Labute approximate surface area is 165 Å². The summed E-state index contributed by atoms with van der Waals surface area (Å²) in [4.78, 5) is 24.5. The largest absolute Gasteiger partial charge is 0.449 e. The van der Waals surface area contributed by atoms with Crippen molar-refractivity contribution in [1.82, 2.24) is 20.2 Å². The average molecular weight is 416 g/mol. The topological polar surface area (TPSA) is 159 Å². The molecule has 1 atom stereocenters. The lowest BCUT2D eigenvalue weighted by molar-refractivity contribution is -0.123. The van der Waals surface area contributed by atoms with E-state index < -0.39 is 28.0 Å². The number of benzene rings is 2. The number of nitrogens with zero attached hydrogens (tertiary/aromatic N) is 4. The van der Waals surface area contributed by atoms with Crippen molar-refractivity contribution in [3.05, 3.63) is 60.4 Å². The molecule has 29 heavy (non-hydrogen) atoms. The highest BCUT2D eigenvalue weighted by Crippen LogP contribution is 2.14. The zero-order valence-corrected chi connectivity index (χ0v) is 15.9. The molecule has 1 amide bonds. The molecule has 0 aliphatic carbocycles. The van der Waals surface area contributed by atoms with Crippen molar-refractivity contribution >= 4 is 27.6 Å². The van der Waals surface area contributed by atoms with Gasteiger partial charge in [-0.3, -0.25) is 4.79 Å². The van der Waals surface area contributed by atoms with Crippen LogP contribution in [0, 0.1) is 0 Å². The fourth-order valence-corrected chi connectivity index (χ4v) is 2.82. The second kappa shape index (κ2) is 8.16. The van der Waals surface area contributed by atoms with Gasteiger partial charge in [0.1, 0.15) is 6.33 Å². The Balaban J connectivity index is 1.63. The number of rotatable bonds is 6. The van der Waals surface area contributed by atoms with Gasteiger partial charge in [0.15, 0.2) is 6.10 Å². The van der Waals surface area contributed by atoms with Crippen LogP contribution in [0.5, 0.6) is 0 Å². The first-order valence-corrected chi connectivity index (χ1v) is 9.77. The van der Waals surface area contributed by atoms with Crippen LogP contribution in [-0.2, 0) is 19.6 Å². The first-order chi connectivity index (χ1) is 13.7. The first-order valence-electron chi connectivity index (χ1n) is 8.22. The quantitative estimate of drug-likeness (QED) is 0.549. The third-order valence-corrected chi connectivity index (χ3v) is 4.73. The van der Waals surface area contributed by atoms with Gasteiger partial charge >= 0.3 is 5.97 Å². The van der Waals surface area contributed by atoms with Crippen molar-refractivity contribution in [1.29, 1.82) is 0 Å². The molecule has 0 fully saturated rings. The van der Waals surface area contributed by atoms with Crippen molar-refractivity contribution in [3.63, 3.8) is 0 Å². The van der Waals surface area contributed by atoms with E-state index in [0.29, 0.717) is 11.4 Å². The van der Waals surface area contributed by atoms with Gasteiger partial charge in [0.25, 0.3) is 5.91 Å². The fourth-order valence-electron chi connectivity index (χ4n) is 2.31. The Morgan fingerprint density at radius 1 is 1.17 bits per heavy atom. The first kappa shape index (κ1) is 20.1. The third kappa shape index (κ3) is 5.00. The van der Waals surface area contributed by atoms with Crippen LogP contribution in [0.1, 0.15) is 17.3 Å². The minimum atomic E-state index is -3.83. The van der Waals surface area contributed by atoms with Crippen LogP contribution in [0.2, 0.25) is 0 Å². The summed E-state index contributed by atoms with van der Waals surface area (Å²) < 4.78 is 29.1. The predicted molar refractivity (Wildman–Crippen MR) is 100 cm³/mol. The van der Waals surface area contributed by atoms with Crippen LogP contribution in [0.15, 0.2) is 59.8 Å². The lowest BCUT2D eigenvalue weighted by Crippen LogP contribution is -2.30. The molecule has 0 bridgehead atoms. The minimum Gasteiger partial charge on any atom is -0.449 e. The molecule has 11 nitrogen and oxygen atoms in total. The number of hydrogen-bond acceptors (Lipinski definition) is 8. The number of amides is 1. The van der Waals surface area contributed by atoms with E-state index in [4.69, 9.17) is 9.88 Å². The number of anilines is 1. The number of nitrogens with one attached hydrogen (secondary N) is 1. The summed E-state index contributed by atoms with van der Waals surface area (Å²) in [5.74, 6) is -1.29. The molecule has 0 unspecified atom stereocenters. The number of tetrazole rings is 1. The summed E-state index contributed by atoms with van der Waals surface area (Å²) in [5, 5.41) is 18.3. The molecule has 0 radical (unpaired) electrons. The number of aromatic nitrogens is 4. The third-order valence-electron chi connectivity index (χ3n) is 3.80. The lowest BCUT2D eigenvalue weighted by Gasteiger charge is -2.14. The van der Waals surface area contributed by atoms with Crippen LogP contribution in [0.3, 0.4) is 0 Å². The van der Waals surface area contributed by atoms with Crippen molar-refractivity contribution in [2.45, 2.75) is 17.9 Å². The zero-order chi connectivity index (χ0) is 21.0. The second-order valence-corrected chi connectivity index (χ2v) is 7.47. The molecule has 1 heterocycles. The molecule has 3 aromatic rings. The maximum atomic E-state index is 12.3. The lowest BCUT2D eigenvalue weighted by atomic mass is 10.2. The van der Waals surface area contributed by atoms with Crippen LogP contribution < -0.4 is 10.5 Å². The maximum absolute atomic E-state index is 12.3. The number of carbonyl (C=O) groups is 2. The number of esters is 1. The summed E-state index contributed by atoms with van der Waals surface area (Å²) in [6, 6.07) is 11.7. The number of sulfonamides is 1. The number of primary sulfonamides is 1. The Morgan fingerprint density at radius 3 is 2.52 bits per heavy atom. The van der Waals surface area contributed by atoms with E-state index in [1.54, 1.807) is 12.1 Å². The number of carbonyl (C=O) groups excluding carboxylic acids is 2. The molecule has 12 heteroatoms. The van der Waals surface area contributed by atoms with Gasteiger partial charge in [-0.15, -0.1) is 5.10 Å². The van der Waals surface area contributed by atoms with Crippen LogP contribution in [-0.4, -0.2) is 46.6 Å². The van der Waals surface area contributed by atoms with E-state index >= 15 is 0 Å². The van der Waals surface area contributed by atoms with E-state index in [0.717, 1.165) is 0 Å². The van der Waals surface area contributed by atoms with Gasteiger partial charge in [-0.2, -0.15) is 0 Å². The summed E-state index contributed by atoms with van der Waals surface area (Å²) >= 11 is 0. The molecule has 3 rings (SSSR count). The predicted octanol–water partition coefficient (Wildman–Crippen LogP) is 0.494. The van der Waals surface area contributed by atoms with E-state index in [1.807, 2.05) is 0 Å². The van der Waals surface area contributed by atoms with Crippen LogP contribution in [0.4, 0.5) is 5.69 Å². The maximum Gasteiger partial charge on any atom is 0.338 e. The van der Waals surface area contributed by atoms with Gasteiger partial charge < -0.3 is 10.1 Å². The molecular weight excluding hydrogens is 400 g/mol. The van der Waals surface area contributed by atoms with Gasteiger partial charge in [0.05, 0.1) is 16.1 Å². The highest BCUT2D eigenvalue weighted by Gasteiger charge is 2.20. The van der Waals surface area contributed by atoms with Gasteiger partial charge in [-0.1, -0.05) is 6.07 Å². The van der Waals surface area contributed by atoms with Crippen molar-refractivity contribution in [3.8, 4) is 5.69 Å². The molecule has 2 aromatic carbocycles. The van der Waals surface area contributed by atoms with Gasteiger partial charge in [0, 0.05) is 5.69 Å². The summed E-state index contributed by atoms with van der Waals surface area (Å²) in [5.41, 5.74) is 1.10. The molecule has 0 saturated carbocycles. The Morgan fingerprint density at radius 2 is 1.90 bits per heavy atom. The van der Waals surface area contributed by atoms with Gasteiger partial charge in [0.2, 0.25) is 10.0 Å². The summed E-state index contributed by atoms with van der Waals surface area (Å²) in [7, 11) is -3.83. The highest BCUT2D eigenvalue weighted by molar-refractivity contribution is 7.89. The fraction of sp³-hybridized carbons (Fsp3) is 0.118. The van der Waals surface area contributed by atoms with Crippen molar-refractivity contribution in [2.75, 3.05) is 5.32 Å². The normalized spacial score (nSPS) is 12.2. The molecule has 3 N–H and O–H groups in total. The van der Waals surface area contributed by atoms with Gasteiger partial charge in [-0.25, -0.2) is 23.0 Å². The number of ether oxygens (including phenoxy) is 1. The van der Waals surface area contributed by atoms with E-state index in [1.165, 1.54) is 54.3 Å². The molecule has 150 valence electrons. The zero-order valence-electron chi connectivity index (χ0n) is 15.1. The SMILES string of the molecule is C[C@H](OC(=O)c1cccc(-n2cnnn2)c1)C(=O)Nc1ccc(S(N)(=O)=O)cc1. The van der Waals surface area contributed by atoms with E-state index in [9.17, 15) is 18.0 Å².